The highest BCUT2D eigenvalue weighted by Crippen LogP contribution is 2.26. The number of hydrogen-bond acceptors (Lipinski definition) is 6. The largest absolute Gasteiger partial charge is 0.422 e. The first-order valence-electron chi connectivity index (χ1n) is 11.4. The molecule has 34 heavy (non-hydrogen) atoms. The maximum atomic E-state index is 13.0. The normalized spacial score (nSPS) is 11.0. The molecule has 168 valence electrons. The van der Waals surface area contributed by atoms with Gasteiger partial charge in [0.15, 0.2) is 17.5 Å². The van der Waals surface area contributed by atoms with Crippen LogP contribution in [-0.2, 0) is 6.42 Å². The predicted octanol–water partition coefficient (Wildman–Crippen LogP) is 5.97. The Morgan fingerprint density at radius 3 is 2.26 bits per heavy atom. The Morgan fingerprint density at radius 2 is 1.50 bits per heavy atom. The number of aromatic nitrogens is 3. The van der Waals surface area contributed by atoms with Gasteiger partial charge in [-0.05, 0) is 43.2 Å². The lowest BCUT2D eigenvalue weighted by Gasteiger charge is -2.09. The molecule has 6 heteroatoms. The van der Waals surface area contributed by atoms with E-state index in [0.29, 0.717) is 22.8 Å². The van der Waals surface area contributed by atoms with Gasteiger partial charge in [0, 0.05) is 34.8 Å². The summed E-state index contributed by atoms with van der Waals surface area (Å²) >= 11 is 0. The highest BCUT2D eigenvalue weighted by atomic mass is 16.4. The van der Waals surface area contributed by atoms with Crippen molar-refractivity contribution in [3.05, 3.63) is 94.8 Å². The molecule has 0 radical (unpaired) electrons. The molecule has 0 aliphatic heterocycles. The number of rotatable bonds is 6. The predicted molar refractivity (Wildman–Crippen MR) is 136 cm³/mol. The van der Waals surface area contributed by atoms with Crippen LogP contribution in [0.4, 0.5) is 5.69 Å². The van der Waals surface area contributed by atoms with Gasteiger partial charge in [0.25, 0.3) is 0 Å². The fourth-order valence-electron chi connectivity index (χ4n) is 3.85. The molecule has 2 heterocycles. The molecule has 2 aromatic heterocycles. The number of hydrogen-bond donors (Lipinski definition) is 1. The molecule has 0 atom stereocenters. The smallest absolute Gasteiger partial charge is 0.347 e. The number of anilines is 1. The van der Waals surface area contributed by atoms with Crippen molar-refractivity contribution in [1.29, 1.82) is 0 Å². The second-order valence-electron chi connectivity index (χ2n) is 7.96. The summed E-state index contributed by atoms with van der Waals surface area (Å²) in [6.45, 7) is 4.90. The van der Waals surface area contributed by atoms with Crippen molar-refractivity contribution >= 4 is 16.7 Å². The molecule has 0 unspecified atom stereocenters. The number of nitrogens with zero attached hydrogens (tertiary/aromatic N) is 3. The lowest BCUT2D eigenvalue weighted by molar-refractivity contribution is 0.563. The van der Waals surface area contributed by atoms with Gasteiger partial charge in [0.2, 0.25) is 0 Å². The van der Waals surface area contributed by atoms with E-state index in [-0.39, 0.29) is 5.82 Å². The minimum atomic E-state index is -0.486. The van der Waals surface area contributed by atoms with Crippen molar-refractivity contribution in [2.75, 3.05) is 11.9 Å². The average molecular weight is 449 g/mol. The van der Waals surface area contributed by atoms with Crippen molar-refractivity contribution in [2.45, 2.75) is 20.3 Å². The van der Waals surface area contributed by atoms with Crippen LogP contribution in [0.5, 0.6) is 0 Å². The first-order chi connectivity index (χ1) is 16.6. The summed E-state index contributed by atoms with van der Waals surface area (Å²) in [7, 11) is 0. The summed E-state index contributed by atoms with van der Waals surface area (Å²) < 4.78 is 5.67. The van der Waals surface area contributed by atoms with E-state index >= 15 is 0 Å². The molecule has 0 bridgehead atoms. The van der Waals surface area contributed by atoms with E-state index in [1.54, 1.807) is 6.07 Å². The van der Waals surface area contributed by atoms with E-state index in [1.165, 1.54) is 5.56 Å². The van der Waals surface area contributed by atoms with Crippen molar-refractivity contribution in [2.24, 2.45) is 0 Å². The van der Waals surface area contributed by atoms with Crippen LogP contribution in [-0.4, -0.2) is 21.5 Å². The molecule has 3 aromatic carbocycles. The molecule has 0 saturated heterocycles. The first kappa shape index (κ1) is 21.5. The minimum Gasteiger partial charge on any atom is -0.422 e. The van der Waals surface area contributed by atoms with E-state index in [1.807, 2.05) is 67.6 Å². The molecule has 0 saturated carbocycles. The van der Waals surface area contributed by atoms with E-state index in [4.69, 9.17) is 14.4 Å². The monoisotopic (exact) mass is 448 g/mol. The third-order valence-electron chi connectivity index (χ3n) is 5.62. The molecular formula is C28H24N4O2. The summed E-state index contributed by atoms with van der Waals surface area (Å²) in [6.07, 6.45) is 0.903. The minimum absolute atomic E-state index is 0.289. The fourth-order valence-corrected chi connectivity index (χ4v) is 3.85. The van der Waals surface area contributed by atoms with Crippen LogP contribution in [0.2, 0.25) is 0 Å². The topological polar surface area (TPSA) is 80.9 Å². The molecule has 5 rings (SSSR count). The molecule has 1 N–H and O–H groups in total. The van der Waals surface area contributed by atoms with Crippen LogP contribution in [0, 0.1) is 0 Å². The van der Waals surface area contributed by atoms with Crippen molar-refractivity contribution in [1.82, 2.24) is 15.0 Å². The Kier molecular flexibility index (Phi) is 5.87. The van der Waals surface area contributed by atoms with Gasteiger partial charge in [0.1, 0.15) is 11.1 Å². The summed E-state index contributed by atoms with van der Waals surface area (Å²) in [6, 6.07) is 25.3. The van der Waals surface area contributed by atoms with Gasteiger partial charge < -0.3 is 9.73 Å². The van der Waals surface area contributed by atoms with Gasteiger partial charge in [-0.25, -0.2) is 19.7 Å². The zero-order valence-corrected chi connectivity index (χ0v) is 19.1. The van der Waals surface area contributed by atoms with Crippen LogP contribution in [0.15, 0.2) is 88.1 Å². The highest BCUT2D eigenvalue weighted by molar-refractivity contribution is 5.83. The molecule has 0 aliphatic rings. The molecule has 0 amide bonds. The third-order valence-corrected chi connectivity index (χ3v) is 5.62. The standard InChI is InChI=1S/C28H24N4O2/c1-3-18-9-8-12-21(15-18)26-30-25(19-10-6-5-7-11-19)31-27(32-26)23-16-20-13-14-22(29-4-2)17-24(20)34-28(23)33/h5-17,29H,3-4H2,1-2H3. The molecule has 0 fully saturated rings. The van der Waals surface area contributed by atoms with Crippen LogP contribution < -0.4 is 10.9 Å². The van der Waals surface area contributed by atoms with Crippen molar-refractivity contribution in [3.63, 3.8) is 0 Å². The summed E-state index contributed by atoms with van der Waals surface area (Å²) in [5.74, 6) is 1.31. The summed E-state index contributed by atoms with van der Waals surface area (Å²) in [5.41, 5.74) is 4.13. The zero-order valence-electron chi connectivity index (χ0n) is 19.1. The lowest BCUT2D eigenvalue weighted by Crippen LogP contribution is -2.08. The lowest BCUT2D eigenvalue weighted by atomic mass is 10.1. The second kappa shape index (κ2) is 9.27. The Labute approximate surface area is 197 Å². The van der Waals surface area contributed by atoms with Gasteiger partial charge >= 0.3 is 5.63 Å². The van der Waals surface area contributed by atoms with E-state index in [2.05, 4.69) is 29.4 Å². The average Bonchev–Trinajstić information content (AvgIpc) is 2.88. The van der Waals surface area contributed by atoms with E-state index in [9.17, 15) is 4.79 Å². The van der Waals surface area contributed by atoms with Crippen LogP contribution in [0.25, 0.3) is 45.1 Å². The number of aryl methyl sites for hydroxylation is 1. The molecular weight excluding hydrogens is 424 g/mol. The number of fused-ring (bicyclic) bond motifs is 1. The number of benzene rings is 3. The molecule has 6 nitrogen and oxygen atoms in total. The SMILES string of the molecule is CCNc1ccc2cc(-c3nc(-c4ccccc4)nc(-c4cccc(CC)c4)n3)c(=O)oc2c1. The van der Waals surface area contributed by atoms with Crippen LogP contribution >= 0.6 is 0 Å². The Hall–Kier alpha value is -4.32. The second-order valence-corrected chi connectivity index (χ2v) is 7.96. The van der Waals surface area contributed by atoms with Gasteiger partial charge in [-0.3, -0.25) is 0 Å². The zero-order chi connectivity index (χ0) is 23.5. The fraction of sp³-hybridized carbons (Fsp3) is 0.143. The van der Waals surface area contributed by atoms with Crippen molar-refractivity contribution < 1.29 is 4.42 Å². The molecule has 5 aromatic rings. The van der Waals surface area contributed by atoms with Crippen LogP contribution in [0.1, 0.15) is 19.4 Å². The van der Waals surface area contributed by atoms with Gasteiger partial charge in [-0.15, -0.1) is 0 Å². The number of nitrogens with one attached hydrogen (secondary N) is 1. The summed E-state index contributed by atoms with van der Waals surface area (Å²) in [4.78, 5) is 27.1. The van der Waals surface area contributed by atoms with Gasteiger partial charge in [-0.2, -0.15) is 0 Å². The molecule has 0 aliphatic carbocycles. The third kappa shape index (κ3) is 4.30. The summed E-state index contributed by atoms with van der Waals surface area (Å²) in [5, 5.41) is 4.03. The molecule has 0 spiro atoms. The highest BCUT2D eigenvalue weighted by Gasteiger charge is 2.16. The Morgan fingerprint density at radius 1 is 0.765 bits per heavy atom. The Balaban J connectivity index is 1.70. The first-order valence-corrected chi connectivity index (χ1v) is 11.4. The van der Waals surface area contributed by atoms with E-state index < -0.39 is 5.63 Å². The van der Waals surface area contributed by atoms with Crippen molar-refractivity contribution in [3.8, 4) is 34.2 Å². The van der Waals surface area contributed by atoms with Gasteiger partial charge in [0.05, 0.1) is 0 Å². The van der Waals surface area contributed by atoms with Crippen LogP contribution in [0.3, 0.4) is 0 Å². The van der Waals surface area contributed by atoms with E-state index in [0.717, 1.165) is 35.2 Å². The quantitative estimate of drug-likeness (QED) is 0.322. The van der Waals surface area contributed by atoms with Gasteiger partial charge in [-0.1, -0.05) is 55.5 Å². The Bertz CT molecular complexity index is 1530. The maximum absolute atomic E-state index is 13.0. The maximum Gasteiger partial charge on any atom is 0.347 e.